The van der Waals surface area contributed by atoms with Crippen LogP contribution in [-0.4, -0.2) is 6.54 Å². The van der Waals surface area contributed by atoms with Crippen LogP contribution in [0.1, 0.15) is 37.4 Å². The third kappa shape index (κ3) is 2.81. The SMILES string of the molecule is CCCNC(C)c1ccc(F)cc1C. The van der Waals surface area contributed by atoms with Gasteiger partial charge in [0.25, 0.3) is 0 Å². The minimum Gasteiger partial charge on any atom is -0.310 e. The van der Waals surface area contributed by atoms with E-state index in [0.29, 0.717) is 6.04 Å². The number of aryl methyl sites for hydroxylation is 1. The monoisotopic (exact) mass is 195 g/mol. The van der Waals surface area contributed by atoms with Gasteiger partial charge in [-0.1, -0.05) is 13.0 Å². The van der Waals surface area contributed by atoms with Gasteiger partial charge in [0.05, 0.1) is 0 Å². The number of hydrogen-bond donors (Lipinski definition) is 1. The molecule has 0 aliphatic rings. The van der Waals surface area contributed by atoms with Gasteiger partial charge in [-0.15, -0.1) is 0 Å². The Morgan fingerprint density at radius 2 is 2.14 bits per heavy atom. The number of benzene rings is 1. The summed E-state index contributed by atoms with van der Waals surface area (Å²) in [6, 6.07) is 5.26. The summed E-state index contributed by atoms with van der Waals surface area (Å²) in [6.07, 6.45) is 1.12. The third-order valence-electron chi connectivity index (χ3n) is 2.40. The predicted molar refractivity (Wildman–Crippen MR) is 57.8 cm³/mol. The van der Waals surface area contributed by atoms with Crippen LogP contribution >= 0.6 is 0 Å². The Labute approximate surface area is 85.3 Å². The highest BCUT2D eigenvalue weighted by Crippen LogP contribution is 2.17. The molecule has 0 aliphatic heterocycles. The van der Waals surface area contributed by atoms with Crippen LogP contribution in [0.5, 0.6) is 0 Å². The van der Waals surface area contributed by atoms with E-state index in [4.69, 9.17) is 0 Å². The van der Waals surface area contributed by atoms with E-state index in [2.05, 4.69) is 19.2 Å². The molecule has 0 heterocycles. The highest BCUT2D eigenvalue weighted by molar-refractivity contribution is 5.29. The second-order valence-corrected chi connectivity index (χ2v) is 3.68. The Morgan fingerprint density at radius 1 is 1.43 bits per heavy atom. The maximum atomic E-state index is 12.8. The maximum absolute atomic E-state index is 12.8. The first-order valence-corrected chi connectivity index (χ1v) is 5.14. The lowest BCUT2D eigenvalue weighted by Gasteiger charge is -2.15. The molecule has 0 radical (unpaired) electrons. The van der Waals surface area contributed by atoms with Crippen LogP contribution in [0.3, 0.4) is 0 Å². The summed E-state index contributed by atoms with van der Waals surface area (Å²) in [5.74, 6) is -0.158. The molecule has 1 rings (SSSR count). The Hall–Kier alpha value is -0.890. The number of hydrogen-bond acceptors (Lipinski definition) is 1. The Kier molecular flexibility index (Phi) is 4.08. The van der Waals surface area contributed by atoms with Crippen LogP contribution in [0, 0.1) is 12.7 Å². The molecule has 0 fully saturated rings. The smallest absolute Gasteiger partial charge is 0.123 e. The van der Waals surface area contributed by atoms with Gasteiger partial charge in [-0.25, -0.2) is 4.39 Å². The van der Waals surface area contributed by atoms with Crippen molar-refractivity contribution in [1.29, 1.82) is 0 Å². The summed E-state index contributed by atoms with van der Waals surface area (Å²) in [7, 11) is 0. The molecule has 0 aliphatic carbocycles. The predicted octanol–water partition coefficient (Wildman–Crippen LogP) is 3.19. The molecule has 1 unspecified atom stereocenters. The molecule has 1 nitrogen and oxygen atoms in total. The van der Waals surface area contributed by atoms with E-state index in [0.717, 1.165) is 18.5 Å². The normalized spacial score (nSPS) is 12.9. The summed E-state index contributed by atoms with van der Waals surface area (Å²) in [5.41, 5.74) is 2.20. The zero-order valence-corrected chi connectivity index (χ0v) is 9.10. The van der Waals surface area contributed by atoms with E-state index in [1.807, 2.05) is 13.0 Å². The quantitative estimate of drug-likeness (QED) is 0.778. The molecule has 2 heteroatoms. The molecule has 78 valence electrons. The van der Waals surface area contributed by atoms with Crippen molar-refractivity contribution >= 4 is 0 Å². The van der Waals surface area contributed by atoms with Gasteiger partial charge < -0.3 is 5.32 Å². The van der Waals surface area contributed by atoms with Crippen molar-refractivity contribution in [2.75, 3.05) is 6.54 Å². The first-order valence-electron chi connectivity index (χ1n) is 5.14. The van der Waals surface area contributed by atoms with E-state index >= 15 is 0 Å². The van der Waals surface area contributed by atoms with Crippen molar-refractivity contribution in [3.8, 4) is 0 Å². The molecule has 0 aromatic heterocycles. The molecular formula is C12H18FN. The summed E-state index contributed by atoms with van der Waals surface area (Å²) < 4.78 is 12.8. The largest absolute Gasteiger partial charge is 0.310 e. The van der Waals surface area contributed by atoms with Crippen LogP contribution in [0.25, 0.3) is 0 Å². The van der Waals surface area contributed by atoms with Crippen LogP contribution < -0.4 is 5.32 Å². The molecule has 0 amide bonds. The van der Waals surface area contributed by atoms with Gasteiger partial charge in [0, 0.05) is 6.04 Å². The fraction of sp³-hybridized carbons (Fsp3) is 0.500. The topological polar surface area (TPSA) is 12.0 Å². The van der Waals surface area contributed by atoms with Gasteiger partial charge in [-0.3, -0.25) is 0 Å². The number of halogens is 1. The van der Waals surface area contributed by atoms with Crippen molar-refractivity contribution in [3.05, 3.63) is 35.1 Å². The van der Waals surface area contributed by atoms with Crippen molar-refractivity contribution < 1.29 is 4.39 Å². The van der Waals surface area contributed by atoms with E-state index in [-0.39, 0.29) is 5.82 Å². The molecule has 1 N–H and O–H groups in total. The summed E-state index contributed by atoms with van der Waals surface area (Å²) in [4.78, 5) is 0. The van der Waals surface area contributed by atoms with Gasteiger partial charge in [0.1, 0.15) is 5.82 Å². The second kappa shape index (κ2) is 5.11. The first-order chi connectivity index (χ1) is 6.65. The fourth-order valence-electron chi connectivity index (χ4n) is 1.60. The van der Waals surface area contributed by atoms with Gasteiger partial charge in [-0.2, -0.15) is 0 Å². The minimum absolute atomic E-state index is 0.158. The van der Waals surface area contributed by atoms with E-state index in [1.165, 1.54) is 11.6 Å². The van der Waals surface area contributed by atoms with Crippen molar-refractivity contribution in [1.82, 2.24) is 5.32 Å². The average molecular weight is 195 g/mol. The summed E-state index contributed by atoms with van der Waals surface area (Å²) in [5, 5.41) is 3.39. The third-order valence-corrected chi connectivity index (χ3v) is 2.40. The van der Waals surface area contributed by atoms with Crippen LogP contribution in [0.4, 0.5) is 4.39 Å². The molecule has 1 aromatic rings. The molecular weight excluding hydrogens is 177 g/mol. The summed E-state index contributed by atoms with van der Waals surface area (Å²) in [6.45, 7) is 7.19. The lowest BCUT2D eigenvalue weighted by Crippen LogP contribution is -2.20. The van der Waals surface area contributed by atoms with E-state index < -0.39 is 0 Å². The maximum Gasteiger partial charge on any atom is 0.123 e. The Balaban J connectivity index is 2.74. The minimum atomic E-state index is -0.158. The van der Waals surface area contributed by atoms with Crippen molar-refractivity contribution in [2.45, 2.75) is 33.2 Å². The summed E-state index contributed by atoms with van der Waals surface area (Å²) >= 11 is 0. The fourth-order valence-corrected chi connectivity index (χ4v) is 1.60. The molecule has 0 spiro atoms. The standard InChI is InChI=1S/C12H18FN/c1-4-7-14-10(3)12-6-5-11(13)8-9(12)2/h5-6,8,10,14H,4,7H2,1-3H3. The zero-order chi connectivity index (χ0) is 10.6. The Bertz CT molecular complexity index is 296. The number of rotatable bonds is 4. The van der Waals surface area contributed by atoms with Crippen LogP contribution in [0.2, 0.25) is 0 Å². The van der Waals surface area contributed by atoms with E-state index in [1.54, 1.807) is 6.07 Å². The first kappa shape index (κ1) is 11.2. The number of nitrogens with one attached hydrogen (secondary N) is 1. The van der Waals surface area contributed by atoms with Gasteiger partial charge in [-0.05, 0) is 50.1 Å². The van der Waals surface area contributed by atoms with Gasteiger partial charge in [0.15, 0.2) is 0 Å². The molecule has 1 atom stereocenters. The molecule has 0 saturated carbocycles. The molecule has 1 aromatic carbocycles. The van der Waals surface area contributed by atoms with Gasteiger partial charge >= 0.3 is 0 Å². The lowest BCUT2D eigenvalue weighted by atomic mass is 10.0. The molecule has 0 bridgehead atoms. The highest BCUT2D eigenvalue weighted by atomic mass is 19.1. The van der Waals surface area contributed by atoms with Crippen molar-refractivity contribution in [3.63, 3.8) is 0 Å². The van der Waals surface area contributed by atoms with Crippen molar-refractivity contribution in [2.24, 2.45) is 0 Å². The van der Waals surface area contributed by atoms with E-state index in [9.17, 15) is 4.39 Å². The molecule has 14 heavy (non-hydrogen) atoms. The second-order valence-electron chi connectivity index (χ2n) is 3.68. The Morgan fingerprint density at radius 3 is 2.71 bits per heavy atom. The van der Waals surface area contributed by atoms with Crippen LogP contribution in [0.15, 0.2) is 18.2 Å². The average Bonchev–Trinajstić information content (AvgIpc) is 2.14. The van der Waals surface area contributed by atoms with Crippen LogP contribution in [-0.2, 0) is 0 Å². The lowest BCUT2D eigenvalue weighted by molar-refractivity contribution is 0.565. The molecule has 0 saturated heterocycles. The highest BCUT2D eigenvalue weighted by Gasteiger charge is 2.07. The van der Waals surface area contributed by atoms with Gasteiger partial charge in [0.2, 0.25) is 0 Å². The zero-order valence-electron chi connectivity index (χ0n) is 9.10.